The van der Waals surface area contributed by atoms with Crippen molar-refractivity contribution in [3.8, 4) is 0 Å². The Morgan fingerprint density at radius 3 is 2.22 bits per heavy atom. The average molecular weight is 249 g/mol. The molecule has 1 aromatic rings. The lowest BCUT2D eigenvalue weighted by molar-refractivity contribution is 0.193. The van der Waals surface area contributed by atoms with Crippen molar-refractivity contribution >= 4 is 5.69 Å². The molecule has 18 heavy (non-hydrogen) atoms. The van der Waals surface area contributed by atoms with Gasteiger partial charge in [0, 0.05) is 31.8 Å². The molecule has 0 heterocycles. The molecule has 0 aliphatic carbocycles. The molecule has 1 rings (SSSR count). The van der Waals surface area contributed by atoms with E-state index in [-0.39, 0.29) is 6.61 Å². The highest BCUT2D eigenvalue weighted by atomic mass is 16.3. The van der Waals surface area contributed by atoms with Gasteiger partial charge >= 0.3 is 0 Å². The largest absolute Gasteiger partial charge is 0.396 e. The number of nitrogens with zero attached hydrogens (tertiary/aromatic N) is 1. The normalized spacial score (nSPS) is 12.9. The smallest absolute Gasteiger partial charge is 0.0478 e. The first-order valence-corrected chi connectivity index (χ1v) is 6.77. The zero-order chi connectivity index (χ0) is 13.9. The van der Waals surface area contributed by atoms with E-state index in [1.165, 1.54) is 22.4 Å². The molecule has 1 N–H and O–H groups in total. The van der Waals surface area contributed by atoms with Crippen LogP contribution in [0.1, 0.15) is 30.5 Å². The van der Waals surface area contributed by atoms with E-state index in [9.17, 15) is 5.11 Å². The standard InChI is InChI=1S/C16H27NO/c1-11(2)15(10-18)9-17(6)16-8-7-12(3)13(4)14(16)5/h7-8,11,15,18H,9-10H2,1-6H3. The molecule has 0 aliphatic heterocycles. The summed E-state index contributed by atoms with van der Waals surface area (Å²) in [5, 5.41) is 9.43. The summed E-state index contributed by atoms with van der Waals surface area (Å²) in [6.45, 7) is 12.0. The molecule has 102 valence electrons. The summed E-state index contributed by atoms with van der Waals surface area (Å²) in [7, 11) is 2.11. The lowest BCUT2D eigenvalue weighted by Gasteiger charge is -2.29. The maximum Gasteiger partial charge on any atom is 0.0478 e. The van der Waals surface area contributed by atoms with E-state index in [2.05, 4.69) is 58.7 Å². The molecule has 0 bridgehead atoms. The minimum atomic E-state index is 0.256. The molecule has 0 spiro atoms. The molecule has 0 fully saturated rings. The van der Waals surface area contributed by atoms with Gasteiger partial charge in [0.1, 0.15) is 0 Å². The van der Waals surface area contributed by atoms with Gasteiger partial charge in [-0.25, -0.2) is 0 Å². The molecule has 1 aromatic carbocycles. The van der Waals surface area contributed by atoms with Crippen LogP contribution in [-0.2, 0) is 0 Å². The van der Waals surface area contributed by atoms with Crippen molar-refractivity contribution in [2.75, 3.05) is 25.1 Å². The minimum Gasteiger partial charge on any atom is -0.396 e. The summed E-state index contributed by atoms with van der Waals surface area (Å²) >= 11 is 0. The van der Waals surface area contributed by atoms with Crippen LogP contribution in [0.2, 0.25) is 0 Å². The van der Waals surface area contributed by atoms with Gasteiger partial charge in [-0.05, 0) is 49.4 Å². The van der Waals surface area contributed by atoms with Gasteiger partial charge in [-0.2, -0.15) is 0 Å². The molecule has 1 unspecified atom stereocenters. The minimum absolute atomic E-state index is 0.256. The second kappa shape index (κ2) is 6.24. The van der Waals surface area contributed by atoms with E-state index in [0.29, 0.717) is 11.8 Å². The fraction of sp³-hybridized carbons (Fsp3) is 0.625. The third-order valence-corrected chi connectivity index (χ3v) is 4.13. The maximum absolute atomic E-state index is 9.43. The van der Waals surface area contributed by atoms with Crippen LogP contribution >= 0.6 is 0 Å². The summed E-state index contributed by atoms with van der Waals surface area (Å²) in [5.74, 6) is 0.834. The SMILES string of the molecule is Cc1ccc(N(C)CC(CO)C(C)C)c(C)c1C. The molecule has 0 saturated heterocycles. The number of benzene rings is 1. The molecular formula is C16H27NO. The predicted octanol–water partition coefficient (Wildman–Crippen LogP) is 3.31. The maximum atomic E-state index is 9.43. The van der Waals surface area contributed by atoms with Crippen LogP contribution in [0.3, 0.4) is 0 Å². The van der Waals surface area contributed by atoms with E-state index < -0.39 is 0 Å². The lowest BCUT2D eigenvalue weighted by atomic mass is 9.95. The van der Waals surface area contributed by atoms with Gasteiger partial charge in [0.05, 0.1) is 0 Å². The molecule has 0 saturated carbocycles. The van der Waals surface area contributed by atoms with E-state index in [1.54, 1.807) is 0 Å². The number of aliphatic hydroxyl groups is 1. The number of aryl methyl sites for hydroxylation is 1. The number of rotatable bonds is 5. The van der Waals surface area contributed by atoms with Crippen LogP contribution in [0, 0.1) is 32.6 Å². The van der Waals surface area contributed by atoms with Crippen LogP contribution in [0.25, 0.3) is 0 Å². The Labute approximate surface area is 112 Å². The van der Waals surface area contributed by atoms with E-state index in [4.69, 9.17) is 0 Å². The van der Waals surface area contributed by atoms with Crippen LogP contribution in [0.15, 0.2) is 12.1 Å². The summed E-state index contributed by atoms with van der Waals surface area (Å²) in [6, 6.07) is 4.37. The van der Waals surface area contributed by atoms with Crippen molar-refractivity contribution in [3.05, 3.63) is 28.8 Å². The van der Waals surface area contributed by atoms with Crippen molar-refractivity contribution in [3.63, 3.8) is 0 Å². The Kier molecular flexibility index (Phi) is 5.21. The Morgan fingerprint density at radius 2 is 1.72 bits per heavy atom. The number of hydrogen-bond donors (Lipinski definition) is 1. The first-order chi connectivity index (χ1) is 8.38. The first-order valence-electron chi connectivity index (χ1n) is 6.77. The van der Waals surface area contributed by atoms with E-state index >= 15 is 0 Å². The highest BCUT2D eigenvalue weighted by Crippen LogP contribution is 2.25. The molecule has 0 amide bonds. The number of anilines is 1. The second-order valence-corrected chi connectivity index (χ2v) is 5.72. The van der Waals surface area contributed by atoms with Gasteiger partial charge in [-0.1, -0.05) is 19.9 Å². The Balaban J connectivity index is 2.91. The van der Waals surface area contributed by atoms with Crippen LogP contribution < -0.4 is 4.90 Å². The van der Waals surface area contributed by atoms with Gasteiger partial charge in [-0.15, -0.1) is 0 Å². The average Bonchev–Trinajstić information content (AvgIpc) is 2.32. The Hall–Kier alpha value is -1.02. The second-order valence-electron chi connectivity index (χ2n) is 5.72. The monoisotopic (exact) mass is 249 g/mol. The Bertz CT molecular complexity index is 398. The summed E-state index contributed by atoms with van der Waals surface area (Å²) < 4.78 is 0. The van der Waals surface area contributed by atoms with Gasteiger partial charge in [0.15, 0.2) is 0 Å². The predicted molar refractivity (Wildman–Crippen MR) is 79.3 cm³/mol. The highest BCUT2D eigenvalue weighted by Gasteiger charge is 2.16. The van der Waals surface area contributed by atoms with Crippen LogP contribution in [0.4, 0.5) is 5.69 Å². The quantitative estimate of drug-likeness (QED) is 0.865. The zero-order valence-electron chi connectivity index (χ0n) is 12.6. The van der Waals surface area contributed by atoms with E-state index in [1.807, 2.05) is 0 Å². The summed E-state index contributed by atoms with van der Waals surface area (Å²) in [5.41, 5.74) is 5.33. The number of hydrogen-bond acceptors (Lipinski definition) is 2. The van der Waals surface area contributed by atoms with Crippen molar-refractivity contribution in [1.29, 1.82) is 0 Å². The zero-order valence-corrected chi connectivity index (χ0v) is 12.6. The molecule has 2 heteroatoms. The van der Waals surface area contributed by atoms with Gasteiger partial charge in [-0.3, -0.25) is 0 Å². The molecule has 0 radical (unpaired) electrons. The molecule has 0 aliphatic rings. The summed E-state index contributed by atoms with van der Waals surface area (Å²) in [4.78, 5) is 2.27. The van der Waals surface area contributed by atoms with Crippen molar-refractivity contribution < 1.29 is 5.11 Å². The number of aliphatic hydroxyl groups excluding tert-OH is 1. The molecular weight excluding hydrogens is 222 g/mol. The lowest BCUT2D eigenvalue weighted by Crippen LogP contribution is -2.31. The van der Waals surface area contributed by atoms with Crippen molar-refractivity contribution in [2.24, 2.45) is 11.8 Å². The van der Waals surface area contributed by atoms with Gasteiger partial charge in [0.2, 0.25) is 0 Å². The van der Waals surface area contributed by atoms with Crippen molar-refractivity contribution in [2.45, 2.75) is 34.6 Å². The van der Waals surface area contributed by atoms with Crippen LogP contribution in [-0.4, -0.2) is 25.3 Å². The summed E-state index contributed by atoms with van der Waals surface area (Å²) in [6.07, 6.45) is 0. The fourth-order valence-corrected chi connectivity index (χ4v) is 2.28. The Morgan fingerprint density at radius 1 is 1.11 bits per heavy atom. The molecule has 0 aromatic heterocycles. The first kappa shape index (κ1) is 15.0. The van der Waals surface area contributed by atoms with E-state index in [0.717, 1.165) is 6.54 Å². The highest BCUT2D eigenvalue weighted by molar-refractivity contribution is 5.57. The topological polar surface area (TPSA) is 23.5 Å². The van der Waals surface area contributed by atoms with Crippen LogP contribution in [0.5, 0.6) is 0 Å². The third kappa shape index (κ3) is 3.26. The third-order valence-electron chi connectivity index (χ3n) is 4.13. The molecule has 2 nitrogen and oxygen atoms in total. The van der Waals surface area contributed by atoms with Gasteiger partial charge < -0.3 is 10.0 Å². The fourth-order valence-electron chi connectivity index (χ4n) is 2.28. The van der Waals surface area contributed by atoms with Crippen molar-refractivity contribution in [1.82, 2.24) is 0 Å². The van der Waals surface area contributed by atoms with Gasteiger partial charge in [0.25, 0.3) is 0 Å². The molecule has 1 atom stereocenters.